The first-order valence-electron chi connectivity index (χ1n) is 7.52. The first-order chi connectivity index (χ1) is 10.1. The fraction of sp³-hybridized carbons (Fsp3) is 0.600. The molecule has 2 fully saturated rings. The number of rotatable bonds is 6. The molecular weight excluding hydrogens is 288 g/mol. The fourth-order valence-corrected chi connectivity index (χ4v) is 5.20. The number of hydrogen-bond donors (Lipinski definition) is 2. The van der Waals surface area contributed by atoms with E-state index in [1.54, 1.807) is 4.31 Å². The van der Waals surface area contributed by atoms with Crippen LogP contribution in [0.3, 0.4) is 0 Å². The molecule has 1 aromatic carbocycles. The molecule has 21 heavy (non-hydrogen) atoms. The number of aliphatic hydroxyl groups is 1. The van der Waals surface area contributed by atoms with Crippen LogP contribution in [0.15, 0.2) is 30.3 Å². The van der Waals surface area contributed by atoms with Crippen molar-refractivity contribution in [3.05, 3.63) is 35.9 Å². The number of piperidine rings is 1. The van der Waals surface area contributed by atoms with Gasteiger partial charge in [0.25, 0.3) is 10.2 Å². The molecule has 0 unspecified atom stereocenters. The highest BCUT2D eigenvalue weighted by Crippen LogP contribution is 2.38. The van der Waals surface area contributed by atoms with Gasteiger partial charge in [-0.25, -0.2) is 0 Å². The van der Waals surface area contributed by atoms with Crippen molar-refractivity contribution in [3.63, 3.8) is 0 Å². The molecule has 3 rings (SSSR count). The molecule has 2 N–H and O–H groups in total. The SMILES string of the molecule is O=S(=O)(N[C@@H](CO)Cc1ccccc1)N1C[C@H]2CC[C@H]1C2. The Bertz CT molecular complexity index is 576. The molecule has 1 heterocycles. The second-order valence-corrected chi connectivity index (χ2v) is 7.75. The van der Waals surface area contributed by atoms with Gasteiger partial charge in [-0.05, 0) is 37.2 Å². The molecule has 2 bridgehead atoms. The summed E-state index contributed by atoms with van der Waals surface area (Å²) >= 11 is 0. The molecule has 3 atom stereocenters. The highest BCUT2D eigenvalue weighted by molar-refractivity contribution is 7.87. The van der Waals surface area contributed by atoms with Gasteiger partial charge in [-0.1, -0.05) is 30.3 Å². The van der Waals surface area contributed by atoms with Crippen molar-refractivity contribution >= 4 is 10.2 Å². The topological polar surface area (TPSA) is 69.6 Å². The maximum absolute atomic E-state index is 12.5. The predicted octanol–water partition coefficient (Wildman–Crippen LogP) is 0.909. The van der Waals surface area contributed by atoms with E-state index in [9.17, 15) is 13.5 Å². The Labute approximate surface area is 126 Å². The molecule has 0 amide bonds. The summed E-state index contributed by atoms with van der Waals surface area (Å²) in [6.45, 7) is 0.430. The third-order valence-corrected chi connectivity index (χ3v) is 6.22. The largest absolute Gasteiger partial charge is 0.395 e. The molecule has 5 nitrogen and oxygen atoms in total. The second-order valence-electron chi connectivity index (χ2n) is 6.09. The average molecular weight is 310 g/mol. The lowest BCUT2D eigenvalue weighted by atomic mass is 10.1. The van der Waals surface area contributed by atoms with E-state index in [0.29, 0.717) is 18.9 Å². The first-order valence-corrected chi connectivity index (χ1v) is 8.96. The molecule has 0 spiro atoms. The van der Waals surface area contributed by atoms with Gasteiger partial charge in [-0.2, -0.15) is 17.4 Å². The zero-order chi connectivity index (χ0) is 14.9. The van der Waals surface area contributed by atoms with Crippen molar-refractivity contribution in [2.24, 2.45) is 5.92 Å². The van der Waals surface area contributed by atoms with Crippen molar-refractivity contribution in [3.8, 4) is 0 Å². The van der Waals surface area contributed by atoms with Gasteiger partial charge in [0.2, 0.25) is 0 Å². The first kappa shape index (κ1) is 15.0. The van der Waals surface area contributed by atoms with Gasteiger partial charge in [-0.15, -0.1) is 0 Å². The Morgan fingerprint density at radius 3 is 2.62 bits per heavy atom. The van der Waals surface area contributed by atoms with Crippen LogP contribution in [-0.4, -0.2) is 43.1 Å². The van der Waals surface area contributed by atoms with E-state index < -0.39 is 16.3 Å². The van der Waals surface area contributed by atoms with Crippen molar-refractivity contribution in [2.75, 3.05) is 13.2 Å². The minimum Gasteiger partial charge on any atom is -0.395 e. The van der Waals surface area contributed by atoms with Crippen LogP contribution in [0.25, 0.3) is 0 Å². The molecule has 1 aliphatic heterocycles. The maximum atomic E-state index is 12.5. The summed E-state index contributed by atoms with van der Waals surface area (Å²) in [6, 6.07) is 9.31. The summed E-state index contributed by atoms with van der Waals surface area (Å²) in [5.41, 5.74) is 1.02. The van der Waals surface area contributed by atoms with E-state index in [0.717, 1.165) is 24.8 Å². The third kappa shape index (κ3) is 3.29. The van der Waals surface area contributed by atoms with Crippen molar-refractivity contribution in [2.45, 2.75) is 37.8 Å². The zero-order valence-corrected chi connectivity index (χ0v) is 12.8. The van der Waals surface area contributed by atoms with Crippen LogP contribution >= 0.6 is 0 Å². The molecule has 2 aliphatic rings. The molecule has 1 aliphatic carbocycles. The number of aliphatic hydroxyl groups excluding tert-OH is 1. The summed E-state index contributed by atoms with van der Waals surface area (Å²) in [5, 5.41) is 9.48. The highest BCUT2D eigenvalue weighted by Gasteiger charge is 2.44. The van der Waals surface area contributed by atoms with E-state index in [1.165, 1.54) is 0 Å². The van der Waals surface area contributed by atoms with E-state index >= 15 is 0 Å². The lowest BCUT2D eigenvalue weighted by Gasteiger charge is -2.28. The zero-order valence-electron chi connectivity index (χ0n) is 12.0. The van der Waals surface area contributed by atoms with Crippen LogP contribution in [0.2, 0.25) is 0 Å². The fourth-order valence-electron chi connectivity index (χ4n) is 3.49. The molecule has 6 heteroatoms. The monoisotopic (exact) mass is 310 g/mol. The van der Waals surface area contributed by atoms with Crippen LogP contribution in [0.1, 0.15) is 24.8 Å². The molecule has 0 aromatic heterocycles. The van der Waals surface area contributed by atoms with E-state index in [4.69, 9.17) is 0 Å². The Kier molecular flexibility index (Phi) is 4.31. The lowest BCUT2D eigenvalue weighted by Crippen LogP contribution is -2.49. The third-order valence-electron chi connectivity index (χ3n) is 4.53. The summed E-state index contributed by atoms with van der Waals surface area (Å²) in [4.78, 5) is 0. The molecule has 1 saturated carbocycles. The van der Waals surface area contributed by atoms with Crippen LogP contribution in [0, 0.1) is 5.92 Å². The second kappa shape index (κ2) is 6.04. The lowest BCUT2D eigenvalue weighted by molar-refractivity contribution is 0.250. The molecular formula is C15H22N2O3S. The highest BCUT2D eigenvalue weighted by atomic mass is 32.2. The van der Waals surface area contributed by atoms with Gasteiger partial charge in [0.1, 0.15) is 0 Å². The quantitative estimate of drug-likeness (QED) is 0.820. The smallest absolute Gasteiger partial charge is 0.280 e. The van der Waals surface area contributed by atoms with Crippen LogP contribution < -0.4 is 4.72 Å². The molecule has 1 aromatic rings. The van der Waals surface area contributed by atoms with Gasteiger partial charge >= 0.3 is 0 Å². The van der Waals surface area contributed by atoms with Gasteiger partial charge in [0.15, 0.2) is 0 Å². The summed E-state index contributed by atoms with van der Waals surface area (Å²) < 4.78 is 29.2. The Balaban J connectivity index is 1.66. The molecule has 0 radical (unpaired) electrons. The van der Waals surface area contributed by atoms with Crippen molar-refractivity contribution < 1.29 is 13.5 Å². The molecule has 116 valence electrons. The van der Waals surface area contributed by atoms with E-state index in [1.807, 2.05) is 30.3 Å². The minimum atomic E-state index is -3.50. The van der Waals surface area contributed by atoms with Gasteiger partial charge in [0, 0.05) is 12.6 Å². The predicted molar refractivity (Wildman–Crippen MR) is 80.9 cm³/mol. The number of fused-ring (bicyclic) bond motifs is 2. The van der Waals surface area contributed by atoms with Crippen molar-refractivity contribution in [1.29, 1.82) is 0 Å². The van der Waals surface area contributed by atoms with Crippen LogP contribution in [0.5, 0.6) is 0 Å². The number of nitrogens with one attached hydrogen (secondary N) is 1. The number of nitrogens with zero attached hydrogens (tertiary/aromatic N) is 1. The Morgan fingerprint density at radius 1 is 1.29 bits per heavy atom. The summed E-state index contributed by atoms with van der Waals surface area (Å²) in [5.74, 6) is 0.522. The van der Waals surface area contributed by atoms with E-state index in [2.05, 4.69) is 4.72 Å². The maximum Gasteiger partial charge on any atom is 0.280 e. The minimum absolute atomic E-state index is 0.156. The van der Waals surface area contributed by atoms with Gasteiger partial charge in [0.05, 0.1) is 12.6 Å². The van der Waals surface area contributed by atoms with Crippen molar-refractivity contribution in [1.82, 2.24) is 9.03 Å². The van der Waals surface area contributed by atoms with E-state index in [-0.39, 0.29) is 12.6 Å². The Morgan fingerprint density at radius 2 is 2.05 bits per heavy atom. The Hall–Kier alpha value is -0.950. The number of benzene rings is 1. The van der Waals surface area contributed by atoms with Crippen LogP contribution in [0.4, 0.5) is 0 Å². The summed E-state index contributed by atoms with van der Waals surface area (Å²) in [6.07, 6.45) is 3.60. The van der Waals surface area contributed by atoms with Crippen LogP contribution in [-0.2, 0) is 16.6 Å². The standard InChI is InChI=1S/C15H22N2O3S/c18-11-14(8-12-4-2-1-3-5-12)16-21(19,20)17-10-13-6-7-15(17)9-13/h1-5,13-16,18H,6-11H2/t13-,14+,15-/m0/s1. The molecule has 1 saturated heterocycles. The number of hydrogen-bond acceptors (Lipinski definition) is 3. The van der Waals surface area contributed by atoms with Gasteiger partial charge < -0.3 is 5.11 Å². The summed E-state index contributed by atoms with van der Waals surface area (Å²) in [7, 11) is -3.50. The normalized spacial score (nSPS) is 27.1. The average Bonchev–Trinajstić information content (AvgIpc) is 3.10. The van der Waals surface area contributed by atoms with Gasteiger partial charge in [-0.3, -0.25) is 0 Å².